The lowest BCUT2D eigenvalue weighted by Gasteiger charge is -2.19. The molecule has 3 N–H and O–H groups in total. The van der Waals surface area contributed by atoms with E-state index in [0.717, 1.165) is 12.8 Å². The highest BCUT2D eigenvalue weighted by Gasteiger charge is 2.23. The van der Waals surface area contributed by atoms with Crippen molar-refractivity contribution in [2.45, 2.75) is 89.4 Å². The summed E-state index contributed by atoms with van der Waals surface area (Å²) in [4.78, 5) is 10.3. The van der Waals surface area contributed by atoms with Crippen molar-refractivity contribution in [1.29, 1.82) is 0 Å². The number of carbonyl (C=O) groups excluding carboxylic acids is 1. The van der Waals surface area contributed by atoms with E-state index in [2.05, 4.69) is 6.92 Å². The molecule has 0 aromatic carbocycles. The molecule has 0 aromatic heterocycles. The molecule has 0 unspecified atom stereocenters. The van der Waals surface area contributed by atoms with Gasteiger partial charge in [0.05, 0.1) is 6.61 Å². The van der Waals surface area contributed by atoms with E-state index in [1.807, 2.05) is 0 Å². The summed E-state index contributed by atoms with van der Waals surface area (Å²) in [6.07, 6.45) is 8.41. The summed E-state index contributed by atoms with van der Waals surface area (Å²) in [6.45, 7) is 2.69. The van der Waals surface area contributed by atoms with Crippen LogP contribution in [0.5, 0.6) is 0 Å². The summed E-state index contributed by atoms with van der Waals surface area (Å²) in [5.41, 5.74) is 0. The maximum absolute atomic E-state index is 10.3. The Balaban J connectivity index is 3.28. The van der Waals surface area contributed by atoms with Gasteiger partial charge in [0.2, 0.25) is 0 Å². The van der Waals surface area contributed by atoms with Crippen LogP contribution in [0.1, 0.15) is 71.1 Å². The minimum Gasteiger partial charge on any atom is -0.388 e. The molecule has 22 heavy (non-hydrogen) atoms. The molecule has 132 valence electrons. The summed E-state index contributed by atoms with van der Waals surface area (Å²) in [7, 11) is 0. The molecule has 5 heteroatoms. The number of ether oxygens (including phenoxy) is 1. The van der Waals surface area contributed by atoms with Gasteiger partial charge in [-0.1, -0.05) is 64.7 Å². The van der Waals surface area contributed by atoms with Crippen LogP contribution in [0, 0.1) is 0 Å². The van der Waals surface area contributed by atoms with Gasteiger partial charge in [-0.15, -0.1) is 0 Å². The van der Waals surface area contributed by atoms with Crippen LogP contribution in [-0.2, 0) is 9.53 Å². The fourth-order valence-electron chi connectivity index (χ4n) is 2.30. The van der Waals surface area contributed by atoms with E-state index >= 15 is 0 Å². The molecule has 0 spiro atoms. The maximum Gasteiger partial charge on any atom is 0.151 e. The molecule has 0 amide bonds. The smallest absolute Gasteiger partial charge is 0.151 e. The molecule has 0 aromatic rings. The van der Waals surface area contributed by atoms with E-state index in [0.29, 0.717) is 6.61 Å². The molecule has 0 aliphatic rings. The number of hydrogen-bond donors (Lipinski definition) is 3. The van der Waals surface area contributed by atoms with Crippen molar-refractivity contribution in [3.8, 4) is 0 Å². The summed E-state index contributed by atoms with van der Waals surface area (Å²) in [6, 6.07) is 0. The van der Waals surface area contributed by atoms with Gasteiger partial charge in [0.15, 0.2) is 6.29 Å². The first-order valence-electron chi connectivity index (χ1n) is 8.70. The standard InChI is InChI=1S/C17H34O5/c1-2-3-4-5-6-7-8-9-10-11-12-22-14-16(20)17(21)15(19)13-18/h13,15-17,19-21H,2-12,14H2,1H3/t15-,16+,17+/m0/s1. The molecule has 0 saturated carbocycles. The summed E-state index contributed by atoms with van der Waals surface area (Å²) in [5.74, 6) is 0. The van der Waals surface area contributed by atoms with Crippen molar-refractivity contribution in [3.63, 3.8) is 0 Å². The fraction of sp³-hybridized carbons (Fsp3) is 0.941. The van der Waals surface area contributed by atoms with Crippen molar-refractivity contribution < 1.29 is 24.9 Å². The quantitative estimate of drug-likeness (QED) is 0.300. The third kappa shape index (κ3) is 12.1. The first-order valence-corrected chi connectivity index (χ1v) is 8.70. The van der Waals surface area contributed by atoms with E-state index in [1.165, 1.54) is 51.4 Å². The van der Waals surface area contributed by atoms with Gasteiger partial charge in [0.25, 0.3) is 0 Å². The normalized spacial score (nSPS) is 15.5. The highest BCUT2D eigenvalue weighted by atomic mass is 16.5. The van der Waals surface area contributed by atoms with Crippen molar-refractivity contribution >= 4 is 6.29 Å². The van der Waals surface area contributed by atoms with E-state index in [-0.39, 0.29) is 12.9 Å². The Morgan fingerprint density at radius 3 is 1.86 bits per heavy atom. The first kappa shape index (κ1) is 21.5. The van der Waals surface area contributed by atoms with Gasteiger partial charge in [0.1, 0.15) is 18.3 Å². The Morgan fingerprint density at radius 2 is 1.36 bits per heavy atom. The average molecular weight is 318 g/mol. The van der Waals surface area contributed by atoms with Crippen LogP contribution in [0.4, 0.5) is 0 Å². The Morgan fingerprint density at radius 1 is 0.864 bits per heavy atom. The topological polar surface area (TPSA) is 87.0 Å². The SMILES string of the molecule is CCCCCCCCCCCCOC[C@@H](O)[C@H](O)[C@@H](O)C=O. The third-order valence-electron chi connectivity index (χ3n) is 3.81. The number of unbranched alkanes of at least 4 members (excludes halogenated alkanes) is 9. The summed E-state index contributed by atoms with van der Waals surface area (Å²) < 4.78 is 5.25. The van der Waals surface area contributed by atoms with E-state index in [4.69, 9.17) is 9.84 Å². The minimum atomic E-state index is -1.56. The lowest BCUT2D eigenvalue weighted by molar-refractivity contribution is -0.129. The molecule has 0 fully saturated rings. The predicted molar refractivity (Wildman–Crippen MR) is 86.7 cm³/mol. The van der Waals surface area contributed by atoms with Crippen LogP contribution in [0.3, 0.4) is 0 Å². The molecule has 0 aliphatic carbocycles. The Bertz CT molecular complexity index is 247. The molecule has 0 rings (SSSR count). The molecular formula is C17H34O5. The Hall–Kier alpha value is -0.490. The second kappa shape index (κ2) is 15.4. The number of aliphatic hydroxyl groups is 3. The van der Waals surface area contributed by atoms with Gasteiger partial charge in [-0.05, 0) is 6.42 Å². The van der Waals surface area contributed by atoms with Crippen LogP contribution in [0.2, 0.25) is 0 Å². The van der Waals surface area contributed by atoms with Gasteiger partial charge in [-0.3, -0.25) is 0 Å². The summed E-state index contributed by atoms with van der Waals surface area (Å²) in [5, 5.41) is 27.9. The van der Waals surface area contributed by atoms with Crippen LogP contribution in [0.15, 0.2) is 0 Å². The van der Waals surface area contributed by atoms with Gasteiger partial charge in [-0.2, -0.15) is 0 Å². The second-order valence-corrected chi connectivity index (χ2v) is 5.94. The molecular weight excluding hydrogens is 284 g/mol. The molecule has 0 radical (unpaired) electrons. The van der Waals surface area contributed by atoms with Crippen molar-refractivity contribution in [1.82, 2.24) is 0 Å². The average Bonchev–Trinajstić information content (AvgIpc) is 2.54. The minimum absolute atomic E-state index is 0.0660. The molecule has 5 nitrogen and oxygen atoms in total. The van der Waals surface area contributed by atoms with Crippen molar-refractivity contribution in [2.24, 2.45) is 0 Å². The number of hydrogen-bond acceptors (Lipinski definition) is 5. The lowest BCUT2D eigenvalue weighted by Crippen LogP contribution is -2.40. The molecule has 0 aliphatic heterocycles. The molecule has 3 atom stereocenters. The molecule has 0 heterocycles. The van der Waals surface area contributed by atoms with Crippen LogP contribution >= 0.6 is 0 Å². The Kier molecular flexibility index (Phi) is 15.1. The molecule has 0 bridgehead atoms. The number of aldehydes is 1. The third-order valence-corrected chi connectivity index (χ3v) is 3.81. The second-order valence-electron chi connectivity index (χ2n) is 5.94. The van der Waals surface area contributed by atoms with Crippen molar-refractivity contribution in [2.75, 3.05) is 13.2 Å². The van der Waals surface area contributed by atoms with Gasteiger partial charge in [-0.25, -0.2) is 0 Å². The van der Waals surface area contributed by atoms with Crippen molar-refractivity contribution in [3.05, 3.63) is 0 Å². The zero-order valence-corrected chi connectivity index (χ0v) is 14.0. The zero-order valence-electron chi connectivity index (χ0n) is 14.0. The number of aliphatic hydroxyl groups excluding tert-OH is 3. The van der Waals surface area contributed by atoms with Crippen LogP contribution in [0.25, 0.3) is 0 Å². The van der Waals surface area contributed by atoms with E-state index in [9.17, 15) is 15.0 Å². The first-order chi connectivity index (χ1) is 10.6. The predicted octanol–water partition coefficient (Wildman–Crippen LogP) is 2.21. The monoisotopic (exact) mass is 318 g/mol. The van der Waals surface area contributed by atoms with E-state index in [1.54, 1.807) is 0 Å². The summed E-state index contributed by atoms with van der Waals surface area (Å²) >= 11 is 0. The molecule has 0 saturated heterocycles. The number of carbonyl (C=O) groups is 1. The maximum atomic E-state index is 10.3. The highest BCUT2D eigenvalue weighted by molar-refractivity contribution is 5.56. The Labute approximate surface area is 134 Å². The van der Waals surface area contributed by atoms with E-state index < -0.39 is 18.3 Å². The largest absolute Gasteiger partial charge is 0.388 e. The zero-order chi connectivity index (χ0) is 16.6. The van der Waals surface area contributed by atoms with Crippen LogP contribution < -0.4 is 0 Å². The fourth-order valence-corrected chi connectivity index (χ4v) is 2.30. The van der Waals surface area contributed by atoms with Crippen LogP contribution in [-0.4, -0.2) is 53.1 Å². The van der Waals surface area contributed by atoms with Gasteiger partial charge >= 0.3 is 0 Å². The lowest BCUT2D eigenvalue weighted by atomic mass is 10.1. The van der Waals surface area contributed by atoms with Gasteiger partial charge < -0.3 is 24.9 Å². The number of rotatable bonds is 16. The van der Waals surface area contributed by atoms with Gasteiger partial charge in [0, 0.05) is 6.61 Å². The highest BCUT2D eigenvalue weighted by Crippen LogP contribution is 2.10.